The van der Waals surface area contributed by atoms with Gasteiger partial charge in [0.15, 0.2) is 11.6 Å². The molecule has 0 bridgehead atoms. The van der Waals surface area contributed by atoms with Crippen molar-refractivity contribution in [3.05, 3.63) is 47.5 Å². The van der Waals surface area contributed by atoms with Crippen molar-refractivity contribution in [2.24, 2.45) is 17.8 Å². The van der Waals surface area contributed by atoms with E-state index in [9.17, 15) is 8.78 Å². The van der Waals surface area contributed by atoms with Gasteiger partial charge in [-0.1, -0.05) is 31.5 Å². The predicted molar refractivity (Wildman–Crippen MR) is 90.5 cm³/mol. The van der Waals surface area contributed by atoms with E-state index in [-0.39, 0.29) is 0 Å². The maximum atomic E-state index is 13.5. The first-order chi connectivity index (χ1) is 11.1. The Hall–Kier alpha value is -1.44. The first-order valence-corrected chi connectivity index (χ1v) is 8.99. The minimum Gasteiger partial charge on any atom is -0.204 e. The van der Waals surface area contributed by atoms with Crippen LogP contribution in [0, 0.1) is 29.4 Å². The van der Waals surface area contributed by atoms with E-state index in [1.54, 1.807) is 0 Å². The number of hydrogen-bond acceptors (Lipinski definition) is 0. The van der Waals surface area contributed by atoms with Gasteiger partial charge in [0.25, 0.3) is 0 Å². The van der Waals surface area contributed by atoms with Gasteiger partial charge >= 0.3 is 0 Å². The van der Waals surface area contributed by atoms with Gasteiger partial charge in [-0.25, -0.2) is 8.78 Å². The molecule has 2 aliphatic rings. The van der Waals surface area contributed by atoms with E-state index in [1.807, 2.05) is 6.07 Å². The molecule has 2 aliphatic carbocycles. The first kappa shape index (κ1) is 15.1. The minimum absolute atomic E-state index is 0.585. The van der Waals surface area contributed by atoms with Crippen LogP contribution >= 0.6 is 0 Å². The lowest BCUT2D eigenvalue weighted by molar-refractivity contribution is 0.124. The van der Waals surface area contributed by atoms with Gasteiger partial charge in [-0.3, -0.25) is 0 Å². The van der Waals surface area contributed by atoms with E-state index >= 15 is 0 Å². The van der Waals surface area contributed by atoms with E-state index in [0.29, 0.717) is 5.92 Å². The molecule has 0 amide bonds. The van der Waals surface area contributed by atoms with Crippen LogP contribution in [0.2, 0.25) is 0 Å². The fraction of sp³-hybridized carbons (Fsp3) is 0.524. The molecule has 0 saturated heterocycles. The highest BCUT2D eigenvalue weighted by atomic mass is 19.2. The van der Waals surface area contributed by atoms with Gasteiger partial charge in [0, 0.05) is 0 Å². The van der Waals surface area contributed by atoms with Crippen molar-refractivity contribution in [1.29, 1.82) is 0 Å². The van der Waals surface area contributed by atoms with Gasteiger partial charge in [0.2, 0.25) is 0 Å². The molecule has 2 fully saturated rings. The van der Waals surface area contributed by atoms with Gasteiger partial charge < -0.3 is 0 Å². The molecule has 0 nitrogen and oxygen atoms in total. The average Bonchev–Trinajstić information content (AvgIpc) is 2.55. The highest BCUT2D eigenvalue weighted by molar-refractivity contribution is 5.83. The van der Waals surface area contributed by atoms with Crippen LogP contribution in [0.15, 0.2) is 30.3 Å². The van der Waals surface area contributed by atoms with Crippen LogP contribution in [0.25, 0.3) is 10.8 Å². The molecule has 4 rings (SSSR count). The lowest BCUT2D eigenvalue weighted by Gasteiger charge is -2.41. The van der Waals surface area contributed by atoms with Crippen LogP contribution in [-0.4, -0.2) is 0 Å². The number of benzene rings is 2. The molecule has 23 heavy (non-hydrogen) atoms. The molecule has 122 valence electrons. The maximum absolute atomic E-state index is 13.5. The lowest BCUT2D eigenvalue weighted by Crippen LogP contribution is -2.29. The molecule has 0 heterocycles. The van der Waals surface area contributed by atoms with E-state index in [0.717, 1.165) is 28.5 Å². The third-order valence-electron chi connectivity index (χ3n) is 6.25. The van der Waals surface area contributed by atoms with Crippen LogP contribution in [0.1, 0.15) is 56.9 Å². The van der Waals surface area contributed by atoms with Gasteiger partial charge in [0.1, 0.15) is 0 Å². The summed E-state index contributed by atoms with van der Waals surface area (Å²) in [5.74, 6) is 1.75. The van der Waals surface area contributed by atoms with Crippen molar-refractivity contribution in [1.82, 2.24) is 0 Å². The quantitative estimate of drug-likeness (QED) is 0.568. The summed E-state index contributed by atoms with van der Waals surface area (Å²) in [5.41, 5.74) is 1.31. The second-order valence-electron chi connectivity index (χ2n) is 7.82. The largest absolute Gasteiger partial charge is 0.204 e. The second-order valence-corrected chi connectivity index (χ2v) is 7.82. The smallest absolute Gasteiger partial charge is 0.159 e. The van der Waals surface area contributed by atoms with Crippen molar-refractivity contribution in [2.75, 3.05) is 0 Å². The zero-order valence-corrected chi connectivity index (χ0v) is 13.7. The fourth-order valence-corrected chi connectivity index (χ4v) is 4.94. The standard InChI is InChI=1S/C21H24F2/c1-13-2-3-15-9-16(5-4-14(15)8-13)17-6-7-18-11-20(22)21(23)12-19(18)10-17/h6-7,10-16H,2-5,8-9H2,1H3. The summed E-state index contributed by atoms with van der Waals surface area (Å²) >= 11 is 0. The van der Waals surface area contributed by atoms with E-state index in [1.165, 1.54) is 56.2 Å². The first-order valence-electron chi connectivity index (χ1n) is 8.99. The summed E-state index contributed by atoms with van der Waals surface area (Å²) in [6, 6.07) is 8.78. The average molecular weight is 314 g/mol. The van der Waals surface area contributed by atoms with Crippen LogP contribution in [0.4, 0.5) is 8.78 Å². The molecule has 2 aromatic carbocycles. The molecule has 2 aromatic rings. The van der Waals surface area contributed by atoms with Crippen molar-refractivity contribution in [2.45, 2.75) is 51.4 Å². The van der Waals surface area contributed by atoms with Crippen molar-refractivity contribution in [3.8, 4) is 0 Å². The van der Waals surface area contributed by atoms with Gasteiger partial charge in [-0.05, 0) is 84.2 Å². The van der Waals surface area contributed by atoms with Crippen LogP contribution < -0.4 is 0 Å². The summed E-state index contributed by atoms with van der Waals surface area (Å²) in [4.78, 5) is 0. The predicted octanol–water partition coefficient (Wildman–Crippen LogP) is 6.44. The van der Waals surface area contributed by atoms with E-state index in [2.05, 4.69) is 19.1 Å². The van der Waals surface area contributed by atoms with Crippen molar-refractivity contribution >= 4 is 10.8 Å². The molecule has 2 heteroatoms. The number of fused-ring (bicyclic) bond motifs is 2. The molecule has 0 aromatic heterocycles. The molecule has 4 atom stereocenters. The number of rotatable bonds is 1. The lowest BCUT2D eigenvalue weighted by atomic mass is 9.64. The SMILES string of the molecule is CC1CCC2CC(c3ccc4cc(F)c(F)cc4c3)CCC2C1. The Bertz CT molecular complexity index is 721. The van der Waals surface area contributed by atoms with Crippen LogP contribution in [0.5, 0.6) is 0 Å². The molecule has 0 spiro atoms. The van der Waals surface area contributed by atoms with Crippen molar-refractivity contribution < 1.29 is 8.78 Å². The van der Waals surface area contributed by atoms with E-state index < -0.39 is 11.6 Å². The third kappa shape index (κ3) is 2.88. The van der Waals surface area contributed by atoms with Gasteiger partial charge in [0.05, 0.1) is 0 Å². The Labute approximate surface area is 136 Å². The fourth-order valence-electron chi connectivity index (χ4n) is 4.94. The molecule has 2 saturated carbocycles. The molecular formula is C21H24F2. The zero-order valence-electron chi connectivity index (χ0n) is 13.7. The topological polar surface area (TPSA) is 0 Å². The molecular weight excluding hydrogens is 290 g/mol. The van der Waals surface area contributed by atoms with Gasteiger partial charge in [-0.15, -0.1) is 0 Å². The third-order valence-corrected chi connectivity index (χ3v) is 6.25. The highest BCUT2D eigenvalue weighted by Crippen LogP contribution is 2.47. The summed E-state index contributed by atoms with van der Waals surface area (Å²) in [6.45, 7) is 2.39. The Kier molecular flexibility index (Phi) is 3.87. The molecule has 0 radical (unpaired) electrons. The monoisotopic (exact) mass is 314 g/mol. The highest BCUT2D eigenvalue weighted by Gasteiger charge is 2.34. The summed E-state index contributed by atoms with van der Waals surface area (Å²) in [7, 11) is 0. The Morgan fingerprint density at radius 1 is 0.783 bits per heavy atom. The summed E-state index contributed by atoms with van der Waals surface area (Å²) < 4.78 is 26.9. The normalized spacial score (nSPS) is 31.1. The van der Waals surface area contributed by atoms with Crippen LogP contribution in [-0.2, 0) is 0 Å². The Balaban J connectivity index is 1.58. The molecule has 0 aliphatic heterocycles. The number of hydrogen-bond donors (Lipinski definition) is 0. The Morgan fingerprint density at radius 3 is 2.30 bits per heavy atom. The van der Waals surface area contributed by atoms with E-state index in [4.69, 9.17) is 0 Å². The number of halogens is 2. The summed E-state index contributed by atoms with van der Waals surface area (Å²) in [5, 5.41) is 1.61. The Morgan fingerprint density at radius 2 is 1.48 bits per heavy atom. The van der Waals surface area contributed by atoms with Crippen LogP contribution in [0.3, 0.4) is 0 Å². The minimum atomic E-state index is -0.762. The molecule has 4 unspecified atom stereocenters. The maximum Gasteiger partial charge on any atom is 0.159 e. The van der Waals surface area contributed by atoms with Crippen molar-refractivity contribution in [3.63, 3.8) is 0 Å². The van der Waals surface area contributed by atoms with Gasteiger partial charge in [-0.2, -0.15) is 0 Å². The summed E-state index contributed by atoms with van der Waals surface area (Å²) in [6.07, 6.45) is 7.98. The second kappa shape index (κ2) is 5.89. The molecule has 0 N–H and O–H groups in total. The zero-order chi connectivity index (χ0) is 16.0.